The Balaban J connectivity index is 2.89. The molecule has 6 nitrogen and oxygen atoms in total. The van der Waals surface area contributed by atoms with Gasteiger partial charge < -0.3 is 10.6 Å². The van der Waals surface area contributed by atoms with Gasteiger partial charge in [0.1, 0.15) is 0 Å². The first-order chi connectivity index (χ1) is 8.20. The van der Waals surface area contributed by atoms with Gasteiger partial charge in [-0.1, -0.05) is 6.07 Å². The van der Waals surface area contributed by atoms with E-state index in [1.807, 2.05) is 20.8 Å². The molecule has 0 aliphatic heterocycles. The lowest BCUT2D eigenvalue weighted by Gasteiger charge is -2.21. The van der Waals surface area contributed by atoms with Crippen LogP contribution in [0.4, 0.5) is 16.2 Å². The van der Waals surface area contributed by atoms with Gasteiger partial charge >= 0.3 is 6.03 Å². The zero-order valence-electron chi connectivity index (χ0n) is 10.9. The highest BCUT2D eigenvalue weighted by Crippen LogP contribution is 2.24. The number of anilines is 1. The molecule has 0 aliphatic carbocycles. The summed E-state index contributed by atoms with van der Waals surface area (Å²) in [5.41, 5.74) is 0.500. The maximum Gasteiger partial charge on any atom is 0.319 e. The Morgan fingerprint density at radius 3 is 2.44 bits per heavy atom. The zero-order valence-corrected chi connectivity index (χ0v) is 10.9. The van der Waals surface area contributed by atoms with Crippen LogP contribution in [0.1, 0.15) is 26.3 Å². The number of nitrogens with one attached hydrogen (secondary N) is 2. The van der Waals surface area contributed by atoms with Crippen molar-refractivity contribution in [1.82, 2.24) is 5.32 Å². The second-order valence-electron chi connectivity index (χ2n) is 5.04. The minimum absolute atomic E-state index is 0.0106. The van der Waals surface area contributed by atoms with Crippen molar-refractivity contribution < 1.29 is 9.72 Å². The molecule has 0 radical (unpaired) electrons. The van der Waals surface area contributed by atoms with Crippen molar-refractivity contribution in [3.8, 4) is 0 Å². The molecule has 2 amide bonds. The molecule has 1 aromatic rings. The average Bonchev–Trinajstić information content (AvgIpc) is 2.17. The van der Waals surface area contributed by atoms with Crippen molar-refractivity contribution in [2.75, 3.05) is 5.32 Å². The van der Waals surface area contributed by atoms with Gasteiger partial charge in [0.2, 0.25) is 0 Å². The van der Waals surface area contributed by atoms with Crippen molar-refractivity contribution in [3.05, 3.63) is 33.9 Å². The molecule has 0 saturated carbocycles. The predicted octanol–water partition coefficient (Wildman–Crippen LogP) is 2.82. The van der Waals surface area contributed by atoms with Crippen LogP contribution in [0, 0.1) is 17.0 Å². The second-order valence-corrected chi connectivity index (χ2v) is 5.04. The van der Waals surface area contributed by atoms with Crippen molar-refractivity contribution >= 4 is 17.4 Å². The molecule has 0 fully saturated rings. The standard InChI is InChI=1S/C12H17N3O3/c1-8-9(6-5-7-10(8)15(17)18)13-11(16)14-12(2,3)4/h5-7H,1-4H3,(H2,13,14,16). The molecular formula is C12H17N3O3. The summed E-state index contributed by atoms with van der Waals surface area (Å²) in [5.74, 6) is 0. The first kappa shape index (κ1) is 14.0. The number of nitro benzene ring substituents is 1. The van der Waals surface area contributed by atoms with Crippen LogP contribution in [0.3, 0.4) is 0 Å². The molecule has 1 aromatic carbocycles. The molecule has 6 heteroatoms. The van der Waals surface area contributed by atoms with Crippen molar-refractivity contribution in [2.45, 2.75) is 33.2 Å². The number of urea groups is 1. The lowest BCUT2D eigenvalue weighted by molar-refractivity contribution is -0.385. The molecule has 1 rings (SSSR count). The Morgan fingerprint density at radius 1 is 1.33 bits per heavy atom. The monoisotopic (exact) mass is 251 g/mol. The van der Waals surface area contributed by atoms with Crippen LogP contribution >= 0.6 is 0 Å². The first-order valence-corrected chi connectivity index (χ1v) is 5.54. The van der Waals surface area contributed by atoms with E-state index in [-0.39, 0.29) is 17.3 Å². The highest BCUT2D eigenvalue weighted by Gasteiger charge is 2.17. The number of nitrogens with zero attached hydrogens (tertiary/aromatic N) is 1. The van der Waals surface area contributed by atoms with E-state index < -0.39 is 4.92 Å². The Kier molecular flexibility index (Phi) is 3.90. The summed E-state index contributed by atoms with van der Waals surface area (Å²) in [7, 11) is 0. The van der Waals surface area contributed by atoms with Crippen LogP contribution < -0.4 is 10.6 Å². The molecule has 2 N–H and O–H groups in total. The minimum Gasteiger partial charge on any atom is -0.333 e. The van der Waals surface area contributed by atoms with Gasteiger partial charge in [-0.3, -0.25) is 10.1 Å². The highest BCUT2D eigenvalue weighted by molar-refractivity contribution is 5.91. The summed E-state index contributed by atoms with van der Waals surface area (Å²) in [5, 5.41) is 16.1. The van der Waals surface area contributed by atoms with Gasteiger partial charge in [-0.25, -0.2) is 4.79 Å². The van der Waals surface area contributed by atoms with Crippen LogP contribution in [0.5, 0.6) is 0 Å². The molecule has 0 unspecified atom stereocenters. The number of hydrogen-bond donors (Lipinski definition) is 2. The number of rotatable bonds is 2. The largest absolute Gasteiger partial charge is 0.333 e. The summed E-state index contributed by atoms with van der Waals surface area (Å²) in [4.78, 5) is 22.0. The summed E-state index contributed by atoms with van der Waals surface area (Å²) >= 11 is 0. The molecule has 98 valence electrons. The fraction of sp³-hybridized carbons (Fsp3) is 0.417. The van der Waals surface area contributed by atoms with E-state index in [0.717, 1.165) is 0 Å². The summed E-state index contributed by atoms with van der Waals surface area (Å²) in [6, 6.07) is 4.19. The molecule has 0 saturated heterocycles. The topological polar surface area (TPSA) is 84.3 Å². The summed E-state index contributed by atoms with van der Waals surface area (Å²) in [6.45, 7) is 7.16. The predicted molar refractivity (Wildman–Crippen MR) is 69.7 cm³/mol. The smallest absolute Gasteiger partial charge is 0.319 e. The van der Waals surface area contributed by atoms with E-state index in [1.165, 1.54) is 12.1 Å². The molecule has 0 heterocycles. The van der Waals surface area contributed by atoms with Crippen LogP contribution in [-0.2, 0) is 0 Å². The number of amides is 2. The van der Waals surface area contributed by atoms with E-state index in [2.05, 4.69) is 10.6 Å². The lowest BCUT2D eigenvalue weighted by Crippen LogP contribution is -2.43. The van der Waals surface area contributed by atoms with E-state index in [9.17, 15) is 14.9 Å². The number of carbonyl (C=O) groups is 1. The molecule has 0 aliphatic rings. The van der Waals surface area contributed by atoms with E-state index in [0.29, 0.717) is 11.3 Å². The molecule has 0 aromatic heterocycles. The number of hydrogen-bond acceptors (Lipinski definition) is 3. The Bertz CT molecular complexity index is 478. The molecular weight excluding hydrogens is 234 g/mol. The van der Waals surface area contributed by atoms with E-state index in [4.69, 9.17) is 0 Å². The third-order valence-corrected chi connectivity index (χ3v) is 2.24. The van der Waals surface area contributed by atoms with E-state index >= 15 is 0 Å². The third-order valence-electron chi connectivity index (χ3n) is 2.24. The second kappa shape index (κ2) is 5.03. The normalized spacial score (nSPS) is 10.9. The van der Waals surface area contributed by atoms with Crippen LogP contribution in [0.2, 0.25) is 0 Å². The number of carbonyl (C=O) groups excluding carboxylic acids is 1. The SMILES string of the molecule is Cc1c(NC(=O)NC(C)(C)C)cccc1[N+](=O)[O-]. The average molecular weight is 251 g/mol. The quantitative estimate of drug-likeness (QED) is 0.626. The number of nitro groups is 1. The maximum atomic E-state index is 11.7. The van der Waals surface area contributed by atoms with Gasteiger partial charge in [-0.15, -0.1) is 0 Å². The Labute approximate surface area is 106 Å². The summed E-state index contributed by atoms with van der Waals surface area (Å²) in [6.07, 6.45) is 0. The van der Waals surface area contributed by atoms with Crippen LogP contribution in [0.15, 0.2) is 18.2 Å². The molecule has 0 bridgehead atoms. The minimum atomic E-state index is -0.470. The molecule has 0 spiro atoms. The molecule has 18 heavy (non-hydrogen) atoms. The zero-order chi connectivity index (χ0) is 13.9. The van der Waals surface area contributed by atoms with Gasteiger partial charge in [0, 0.05) is 11.6 Å². The van der Waals surface area contributed by atoms with Gasteiger partial charge in [-0.2, -0.15) is 0 Å². The molecule has 0 atom stereocenters. The first-order valence-electron chi connectivity index (χ1n) is 5.54. The van der Waals surface area contributed by atoms with E-state index in [1.54, 1.807) is 13.0 Å². The van der Waals surface area contributed by atoms with Crippen molar-refractivity contribution in [2.24, 2.45) is 0 Å². The van der Waals surface area contributed by atoms with Gasteiger partial charge in [0.25, 0.3) is 5.69 Å². The summed E-state index contributed by atoms with van der Waals surface area (Å²) < 4.78 is 0. The van der Waals surface area contributed by atoms with Crippen molar-refractivity contribution in [3.63, 3.8) is 0 Å². The fourth-order valence-electron chi connectivity index (χ4n) is 1.45. The fourth-order valence-corrected chi connectivity index (χ4v) is 1.45. The van der Waals surface area contributed by atoms with Gasteiger partial charge in [-0.05, 0) is 33.8 Å². The Morgan fingerprint density at radius 2 is 1.94 bits per heavy atom. The van der Waals surface area contributed by atoms with Gasteiger partial charge in [0.15, 0.2) is 0 Å². The van der Waals surface area contributed by atoms with Crippen LogP contribution in [-0.4, -0.2) is 16.5 Å². The van der Waals surface area contributed by atoms with Crippen LogP contribution in [0.25, 0.3) is 0 Å². The highest BCUT2D eigenvalue weighted by atomic mass is 16.6. The maximum absolute atomic E-state index is 11.7. The Hall–Kier alpha value is -2.11. The number of benzene rings is 1. The van der Waals surface area contributed by atoms with Gasteiger partial charge in [0.05, 0.1) is 16.2 Å². The lowest BCUT2D eigenvalue weighted by atomic mass is 10.1. The van der Waals surface area contributed by atoms with Crippen molar-refractivity contribution in [1.29, 1.82) is 0 Å². The third kappa shape index (κ3) is 3.73.